The molecule has 174 valence electrons. The van der Waals surface area contributed by atoms with Crippen LogP contribution in [0, 0.1) is 0 Å². The van der Waals surface area contributed by atoms with Crippen LogP contribution in [0.25, 0.3) is 10.9 Å². The molecular weight excluding hydrogens is 410 g/mol. The van der Waals surface area contributed by atoms with Crippen LogP contribution in [-0.4, -0.2) is 71.0 Å². The lowest BCUT2D eigenvalue weighted by Crippen LogP contribution is -2.47. The highest BCUT2D eigenvalue weighted by Crippen LogP contribution is 2.35. The van der Waals surface area contributed by atoms with E-state index in [2.05, 4.69) is 10.2 Å². The van der Waals surface area contributed by atoms with Crippen LogP contribution in [0.2, 0.25) is 0 Å². The molecule has 0 unspecified atom stereocenters. The molecule has 1 atom stereocenters. The number of anilines is 2. The summed E-state index contributed by atoms with van der Waals surface area (Å²) in [6, 6.07) is 3.41. The van der Waals surface area contributed by atoms with Gasteiger partial charge in [0.25, 0.3) is 0 Å². The van der Waals surface area contributed by atoms with Crippen molar-refractivity contribution in [2.75, 3.05) is 43.5 Å². The molecule has 0 bridgehead atoms. The summed E-state index contributed by atoms with van der Waals surface area (Å²) in [6.45, 7) is 8.68. The maximum atomic E-state index is 12.6. The minimum absolute atomic E-state index is 0.0283. The number of piperidine rings is 1. The number of aromatic hydroxyl groups is 1. The molecule has 1 aromatic carbocycles. The lowest BCUT2D eigenvalue weighted by molar-refractivity contribution is 0.0206. The number of carbonyl (C=O) groups is 1. The monoisotopic (exact) mass is 443 g/mol. The third kappa shape index (κ3) is 4.92. The number of likely N-dealkylation sites (tertiary alicyclic amines) is 1. The van der Waals surface area contributed by atoms with E-state index in [1.807, 2.05) is 20.8 Å². The maximum absolute atomic E-state index is 12.6. The first kappa shape index (κ1) is 22.2. The van der Waals surface area contributed by atoms with Crippen LogP contribution in [0.3, 0.4) is 0 Å². The number of ether oxygens (including phenoxy) is 2. The third-order valence-electron chi connectivity index (χ3n) is 5.79. The molecule has 2 fully saturated rings. The summed E-state index contributed by atoms with van der Waals surface area (Å²) in [5, 5.41) is 14.6. The molecule has 2 aromatic rings. The molecule has 4 rings (SSSR count). The fourth-order valence-electron chi connectivity index (χ4n) is 4.25. The number of amides is 1. The van der Waals surface area contributed by atoms with Gasteiger partial charge in [0.05, 0.1) is 12.6 Å². The van der Waals surface area contributed by atoms with E-state index in [9.17, 15) is 9.90 Å². The summed E-state index contributed by atoms with van der Waals surface area (Å²) >= 11 is 0. The van der Waals surface area contributed by atoms with Crippen LogP contribution >= 0.6 is 0 Å². The molecule has 2 aliphatic rings. The number of hydrogen-bond donors (Lipinski definition) is 2. The van der Waals surface area contributed by atoms with Gasteiger partial charge in [-0.3, -0.25) is 0 Å². The van der Waals surface area contributed by atoms with Crippen molar-refractivity contribution in [3.05, 3.63) is 12.1 Å². The van der Waals surface area contributed by atoms with E-state index in [1.54, 1.807) is 17.0 Å². The fraction of sp³-hybridized carbons (Fsp3) is 0.609. The van der Waals surface area contributed by atoms with Gasteiger partial charge in [0.15, 0.2) is 11.5 Å². The van der Waals surface area contributed by atoms with Gasteiger partial charge in [-0.05, 0) is 52.5 Å². The van der Waals surface area contributed by atoms with Gasteiger partial charge in [-0.1, -0.05) is 0 Å². The Balaban J connectivity index is 1.62. The number of hydrogen-bond acceptors (Lipinski definition) is 8. The number of methoxy groups -OCH3 is 1. The number of benzene rings is 1. The van der Waals surface area contributed by atoms with Gasteiger partial charge in [-0.15, -0.1) is 0 Å². The molecule has 3 heterocycles. The fourth-order valence-corrected chi connectivity index (χ4v) is 4.25. The molecule has 0 radical (unpaired) electrons. The van der Waals surface area contributed by atoms with Gasteiger partial charge in [0.1, 0.15) is 11.4 Å². The van der Waals surface area contributed by atoms with Crippen molar-refractivity contribution in [2.45, 2.75) is 58.1 Å². The average molecular weight is 444 g/mol. The molecule has 2 N–H and O–H groups in total. The predicted octanol–water partition coefficient (Wildman–Crippen LogP) is 3.76. The van der Waals surface area contributed by atoms with Crippen LogP contribution in [0.4, 0.5) is 16.6 Å². The second kappa shape index (κ2) is 8.88. The molecule has 2 aliphatic heterocycles. The Labute approximate surface area is 188 Å². The molecule has 9 nitrogen and oxygen atoms in total. The number of phenols is 1. The molecule has 0 saturated carbocycles. The summed E-state index contributed by atoms with van der Waals surface area (Å²) in [7, 11) is 1.52. The first-order valence-electron chi connectivity index (χ1n) is 11.3. The Bertz CT molecular complexity index is 984. The van der Waals surface area contributed by atoms with Crippen molar-refractivity contribution >= 4 is 28.8 Å². The molecular formula is C23H33N5O4. The highest BCUT2D eigenvalue weighted by Gasteiger charge is 2.28. The molecule has 1 aromatic heterocycles. The van der Waals surface area contributed by atoms with E-state index in [-0.39, 0.29) is 17.9 Å². The molecule has 2 saturated heterocycles. The van der Waals surface area contributed by atoms with Crippen molar-refractivity contribution in [1.82, 2.24) is 14.9 Å². The van der Waals surface area contributed by atoms with E-state index >= 15 is 0 Å². The standard InChI is InChI=1S/C23H33N5O4/c1-23(2,3)32-22(30)28-11-7-8-15(14-28)24-20-16-12-19(31-4)18(29)13-17(16)25-21(26-20)27-9-5-6-10-27/h12-13,15,29H,5-11,14H2,1-4H3,(H,24,25,26)/t15-/m1/s1. The molecule has 32 heavy (non-hydrogen) atoms. The lowest BCUT2D eigenvalue weighted by atomic mass is 10.1. The zero-order chi connectivity index (χ0) is 22.9. The number of aromatic nitrogens is 2. The van der Waals surface area contributed by atoms with Crippen LogP contribution in [-0.2, 0) is 4.74 Å². The van der Waals surface area contributed by atoms with E-state index < -0.39 is 5.60 Å². The van der Waals surface area contributed by atoms with Gasteiger partial charge < -0.3 is 29.7 Å². The van der Waals surface area contributed by atoms with Crippen LogP contribution in [0.15, 0.2) is 12.1 Å². The Morgan fingerprint density at radius 3 is 2.59 bits per heavy atom. The number of carbonyl (C=O) groups excluding carboxylic acids is 1. The highest BCUT2D eigenvalue weighted by atomic mass is 16.6. The second-order valence-corrected chi connectivity index (χ2v) is 9.52. The largest absolute Gasteiger partial charge is 0.504 e. The maximum Gasteiger partial charge on any atom is 0.410 e. The third-order valence-corrected chi connectivity index (χ3v) is 5.79. The van der Waals surface area contributed by atoms with E-state index in [1.165, 1.54) is 7.11 Å². The zero-order valence-electron chi connectivity index (χ0n) is 19.3. The summed E-state index contributed by atoms with van der Waals surface area (Å²) in [5.41, 5.74) is 0.131. The molecule has 1 amide bonds. The summed E-state index contributed by atoms with van der Waals surface area (Å²) < 4.78 is 10.9. The SMILES string of the molecule is COc1cc2c(N[C@@H]3CCCN(C(=O)OC(C)(C)C)C3)nc(N3CCCC3)nc2cc1O. The van der Waals surface area contributed by atoms with Crippen molar-refractivity contribution in [3.63, 3.8) is 0 Å². The Morgan fingerprint density at radius 2 is 1.91 bits per heavy atom. The van der Waals surface area contributed by atoms with Crippen LogP contribution < -0.4 is 15.0 Å². The Kier molecular flexibility index (Phi) is 6.17. The van der Waals surface area contributed by atoms with Crippen molar-refractivity contribution in [3.8, 4) is 11.5 Å². The Hall–Kier alpha value is -2.97. The molecule has 9 heteroatoms. The van der Waals surface area contributed by atoms with Crippen molar-refractivity contribution in [1.29, 1.82) is 0 Å². The molecule has 0 spiro atoms. The Morgan fingerprint density at radius 1 is 1.16 bits per heavy atom. The van der Waals surface area contributed by atoms with E-state index in [0.717, 1.165) is 44.2 Å². The topological polar surface area (TPSA) is 100 Å². The van der Waals surface area contributed by atoms with E-state index in [0.29, 0.717) is 36.1 Å². The summed E-state index contributed by atoms with van der Waals surface area (Å²) in [5.74, 6) is 1.76. The first-order chi connectivity index (χ1) is 15.2. The van der Waals surface area contributed by atoms with Crippen LogP contribution in [0.5, 0.6) is 11.5 Å². The highest BCUT2D eigenvalue weighted by molar-refractivity contribution is 5.92. The first-order valence-corrected chi connectivity index (χ1v) is 11.3. The average Bonchev–Trinajstić information content (AvgIpc) is 3.27. The van der Waals surface area contributed by atoms with Gasteiger partial charge in [-0.2, -0.15) is 4.98 Å². The van der Waals surface area contributed by atoms with Gasteiger partial charge in [-0.25, -0.2) is 9.78 Å². The van der Waals surface area contributed by atoms with Gasteiger partial charge in [0.2, 0.25) is 5.95 Å². The molecule has 0 aliphatic carbocycles. The second-order valence-electron chi connectivity index (χ2n) is 9.52. The smallest absolute Gasteiger partial charge is 0.410 e. The lowest BCUT2D eigenvalue weighted by Gasteiger charge is -2.34. The number of fused-ring (bicyclic) bond motifs is 1. The summed E-state index contributed by atoms with van der Waals surface area (Å²) in [4.78, 5) is 26.0. The van der Waals surface area contributed by atoms with Crippen LogP contribution in [0.1, 0.15) is 46.5 Å². The van der Waals surface area contributed by atoms with Crippen molar-refractivity contribution in [2.24, 2.45) is 0 Å². The number of phenolic OH excluding ortho intramolecular Hbond substituents is 1. The summed E-state index contributed by atoms with van der Waals surface area (Å²) in [6.07, 6.45) is 3.74. The van der Waals surface area contributed by atoms with E-state index in [4.69, 9.17) is 19.4 Å². The van der Waals surface area contributed by atoms with Gasteiger partial charge in [0, 0.05) is 43.7 Å². The van der Waals surface area contributed by atoms with Gasteiger partial charge >= 0.3 is 6.09 Å². The predicted molar refractivity (Wildman–Crippen MR) is 124 cm³/mol. The minimum atomic E-state index is -0.524. The normalized spacial score (nSPS) is 19.3. The quantitative estimate of drug-likeness (QED) is 0.737. The number of nitrogens with zero attached hydrogens (tertiary/aromatic N) is 4. The minimum Gasteiger partial charge on any atom is -0.504 e. The zero-order valence-corrected chi connectivity index (χ0v) is 19.3. The number of nitrogens with one attached hydrogen (secondary N) is 1. The van der Waals surface area contributed by atoms with Crippen molar-refractivity contribution < 1.29 is 19.4 Å². The number of rotatable bonds is 4.